The maximum Gasteiger partial charge on any atom is 0.238 e. The molecular weight excluding hydrogens is 308 g/mol. The zero-order valence-electron chi connectivity index (χ0n) is 12.2. The first-order valence-electron chi connectivity index (χ1n) is 7.04. The quantitative estimate of drug-likeness (QED) is 0.886. The average Bonchev–Trinajstić information content (AvgIpc) is 2.64. The molecular formula is C14H22N2O3S2. The van der Waals surface area contributed by atoms with Crippen molar-refractivity contribution in [3.05, 3.63) is 24.3 Å². The van der Waals surface area contributed by atoms with Crippen LogP contribution in [-0.4, -0.2) is 50.6 Å². The SMILES string of the molecule is CC1CCSCCN1CCOc1ccc(S(N)(=O)=O)cc1. The van der Waals surface area contributed by atoms with Crippen LogP contribution in [0.25, 0.3) is 0 Å². The molecule has 1 aliphatic heterocycles. The van der Waals surface area contributed by atoms with E-state index in [9.17, 15) is 8.42 Å². The summed E-state index contributed by atoms with van der Waals surface area (Å²) in [6, 6.07) is 6.81. The summed E-state index contributed by atoms with van der Waals surface area (Å²) >= 11 is 2.01. The van der Waals surface area contributed by atoms with Gasteiger partial charge in [0.1, 0.15) is 12.4 Å². The highest BCUT2D eigenvalue weighted by Crippen LogP contribution is 2.17. The van der Waals surface area contributed by atoms with E-state index in [4.69, 9.17) is 9.88 Å². The van der Waals surface area contributed by atoms with Crippen LogP contribution in [0.3, 0.4) is 0 Å². The third kappa shape index (κ3) is 5.18. The van der Waals surface area contributed by atoms with Gasteiger partial charge in [-0.05, 0) is 43.4 Å². The highest BCUT2D eigenvalue weighted by atomic mass is 32.2. The summed E-state index contributed by atoms with van der Waals surface area (Å²) < 4.78 is 28.0. The predicted molar refractivity (Wildman–Crippen MR) is 86.3 cm³/mol. The van der Waals surface area contributed by atoms with Crippen LogP contribution in [0, 0.1) is 0 Å². The Labute approximate surface area is 130 Å². The molecule has 1 fully saturated rings. The van der Waals surface area contributed by atoms with Crippen molar-refractivity contribution in [2.45, 2.75) is 24.3 Å². The van der Waals surface area contributed by atoms with Gasteiger partial charge in [0.2, 0.25) is 10.0 Å². The summed E-state index contributed by atoms with van der Waals surface area (Å²) in [6.07, 6.45) is 1.22. The number of benzene rings is 1. The van der Waals surface area contributed by atoms with E-state index in [2.05, 4.69) is 11.8 Å². The Balaban J connectivity index is 1.83. The van der Waals surface area contributed by atoms with Crippen molar-refractivity contribution < 1.29 is 13.2 Å². The number of sulfonamides is 1. The molecule has 0 radical (unpaired) electrons. The lowest BCUT2D eigenvalue weighted by Crippen LogP contribution is -2.36. The highest BCUT2D eigenvalue weighted by molar-refractivity contribution is 7.99. The van der Waals surface area contributed by atoms with Crippen molar-refractivity contribution >= 4 is 21.8 Å². The fourth-order valence-corrected chi connectivity index (χ4v) is 3.87. The molecule has 118 valence electrons. The molecule has 0 bridgehead atoms. The lowest BCUT2D eigenvalue weighted by Gasteiger charge is -2.26. The first-order valence-corrected chi connectivity index (χ1v) is 9.74. The number of nitrogens with zero attached hydrogens (tertiary/aromatic N) is 1. The average molecular weight is 330 g/mol. The van der Waals surface area contributed by atoms with Gasteiger partial charge in [0.05, 0.1) is 4.90 Å². The second-order valence-corrected chi connectivity index (χ2v) is 7.94. The van der Waals surface area contributed by atoms with Crippen LogP contribution in [0.5, 0.6) is 5.75 Å². The molecule has 1 aromatic carbocycles. The molecule has 1 aliphatic rings. The fourth-order valence-electron chi connectivity index (χ4n) is 2.28. The largest absolute Gasteiger partial charge is 0.492 e. The van der Waals surface area contributed by atoms with Crippen LogP contribution in [0.2, 0.25) is 0 Å². The van der Waals surface area contributed by atoms with E-state index >= 15 is 0 Å². The molecule has 1 heterocycles. The van der Waals surface area contributed by atoms with E-state index in [1.807, 2.05) is 11.8 Å². The monoisotopic (exact) mass is 330 g/mol. The molecule has 0 aromatic heterocycles. The highest BCUT2D eigenvalue weighted by Gasteiger charge is 2.16. The number of thioether (sulfide) groups is 1. The first-order chi connectivity index (χ1) is 9.97. The minimum atomic E-state index is -3.63. The van der Waals surface area contributed by atoms with Gasteiger partial charge in [-0.15, -0.1) is 0 Å². The van der Waals surface area contributed by atoms with Gasteiger partial charge >= 0.3 is 0 Å². The smallest absolute Gasteiger partial charge is 0.238 e. The van der Waals surface area contributed by atoms with Gasteiger partial charge in [0.15, 0.2) is 0 Å². The van der Waals surface area contributed by atoms with Gasteiger partial charge in [-0.1, -0.05) is 0 Å². The Bertz CT molecular complexity index is 546. The Morgan fingerprint density at radius 2 is 2.05 bits per heavy atom. The van der Waals surface area contributed by atoms with Gasteiger partial charge < -0.3 is 4.74 Å². The summed E-state index contributed by atoms with van der Waals surface area (Å²) in [6.45, 7) is 4.84. The van der Waals surface area contributed by atoms with Crippen LogP contribution in [0.4, 0.5) is 0 Å². The normalized spacial score (nSPS) is 21.0. The zero-order chi connectivity index (χ0) is 15.3. The van der Waals surface area contributed by atoms with Crippen LogP contribution in [0.1, 0.15) is 13.3 Å². The van der Waals surface area contributed by atoms with Crippen LogP contribution in [-0.2, 0) is 10.0 Å². The van der Waals surface area contributed by atoms with Gasteiger partial charge in [-0.25, -0.2) is 13.6 Å². The summed E-state index contributed by atoms with van der Waals surface area (Å²) in [7, 11) is -3.63. The molecule has 2 rings (SSSR count). The number of rotatable bonds is 5. The number of nitrogens with two attached hydrogens (primary N) is 1. The third-order valence-electron chi connectivity index (χ3n) is 3.63. The lowest BCUT2D eigenvalue weighted by molar-refractivity contribution is 0.176. The van der Waals surface area contributed by atoms with Crippen LogP contribution < -0.4 is 9.88 Å². The van der Waals surface area contributed by atoms with Crippen molar-refractivity contribution in [3.63, 3.8) is 0 Å². The topological polar surface area (TPSA) is 72.6 Å². The number of ether oxygens (including phenoxy) is 1. The van der Waals surface area contributed by atoms with E-state index in [0.717, 1.165) is 13.1 Å². The summed E-state index contributed by atoms with van der Waals surface area (Å²) in [5.74, 6) is 3.07. The Kier molecular flexibility index (Phi) is 5.92. The molecule has 0 spiro atoms. The molecule has 0 aliphatic carbocycles. The van der Waals surface area contributed by atoms with E-state index in [-0.39, 0.29) is 4.90 Å². The minimum Gasteiger partial charge on any atom is -0.492 e. The Hall–Kier alpha value is -0.760. The number of hydrogen-bond acceptors (Lipinski definition) is 5. The summed E-state index contributed by atoms with van der Waals surface area (Å²) in [5.41, 5.74) is 0. The molecule has 0 amide bonds. The van der Waals surface area contributed by atoms with Crippen LogP contribution >= 0.6 is 11.8 Å². The Morgan fingerprint density at radius 1 is 1.33 bits per heavy atom. The van der Waals surface area contributed by atoms with E-state index < -0.39 is 10.0 Å². The zero-order valence-corrected chi connectivity index (χ0v) is 13.8. The maximum atomic E-state index is 11.2. The number of primary sulfonamides is 1. The summed E-state index contributed by atoms with van der Waals surface area (Å²) in [4.78, 5) is 2.55. The van der Waals surface area contributed by atoms with E-state index in [1.54, 1.807) is 12.1 Å². The molecule has 1 atom stereocenters. The third-order valence-corrected chi connectivity index (χ3v) is 5.55. The van der Waals surface area contributed by atoms with Crippen molar-refractivity contribution in [1.29, 1.82) is 0 Å². The fraction of sp³-hybridized carbons (Fsp3) is 0.571. The van der Waals surface area contributed by atoms with Gasteiger partial charge in [-0.2, -0.15) is 11.8 Å². The molecule has 1 saturated heterocycles. The van der Waals surface area contributed by atoms with Crippen LogP contribution in [0.15, 0.2) is 29.2 Å². The van der Waals surface area contributed by atoms with E-state index in [0.29, 0.717) is 18.4 Å². The molecule has 5 nitrogen and oxygen atoms in total. The van der Waals surface area contributed by atoms with Gasteiger partial charge in [-0.3, -0.25) is 4.90 Å². The molecule has 1 unspecified atom stereocenters. The standard InChI is InChI=1S/C14H22N2O3S2/c1-12-6-10-20-11-8-16(12)7-9-19-13-2-4-14(5-3-13)21(15,17)18/h2-5,12H,6-11H2,1H3,(H2,15,17,18). The second kappa shape index (κ2) is 7.49. The molecule has 0 saturated carbocycles. The van der Waals surface area contributed by atoms with Gasteiger partial charge in [0.25, 0.3) is 0 Å². The molecule has 1 aromatic rings. The maximum absolute atomic E-state index is 11.2. The predicted octanol–water partition coefficient (Wildman–Crippen LogP) is 1.54. The second-order valence-electron chi connectivity index (χ2n) is 5.15. The number of hydrogen-bond donors (Lipinski definition) is 1. The minimum absolute atomic E-state index is 0.105. The first kappa shape index (κ1) is 16.6. The molecule has 2 N–H and O–H groups in total. The van der Waals surface area contributed by atoms with Crippen molar-refractivity contribution in [2.24, 2.45) is 5.14 Å². The lowest BCUT2D eigenvalue weighted by atomic mass is 10.2. The Morgan fingerprint density at radius 3 is 2.71 bits per heavy atom. The van der Waals surface area contributed by atoms with E-state index in [1.165, 1.54) is 30.1 Å². The van der Waals surface area contributed by atoms with Gasteiger partial charge in [0, 0.05) is 24.9 Å². The molecule has 7 heteroatoms. The van der Waals surface area contributed by atoms with Crippen molar-refractivity contribution in [3.8, 4) is 5.75 Å². The summed E-state index contributed by atoms with van der Waals surface area (Å²) in [5, 5.41) is 5.06. The molecule has 21 heavy (non-hydrogen) atoms. The van der Waals surface area contributed by atoms with Crippen molar-refractivity contribution in [1.82, 2.24) is 4.90 Å². The van der Waals surface area contributed by atoms with Crippen molar-refractivity contribution in [2.75, 3.05) is 31.2 Å².